The van der Waals surface area contributed by atoms with Gasteiger partial charge in [-0.05, 0) is 26.0 Å². The van der Waals surface area contributed by atoms with Gasteiger partial charge in [-0.3, -0.25) is 4.68 Å². The standard InChI is InChI=1S/C9H17N3O/c1-8(13)3-5-10-7-9-4-6-11-12(9)2/h4,6,8,10,13H,3,5,7H2,1-2H3/t8-/m1/s1. The van der Waals surface area contributed by atoms with Crippen molar-refractivity contribution in [2.75, 3.05) is 6.54 Å². The van der Waals surface area contributed by atoms with Gasteiger partial charge in [-0.2, -0.15) is 5.10 Å². The molecule has 0 unspecified atom stereocenters. The maximum atomic E-state index is 9.01. The van der Waals surface area contributed by atoms with E-state index in [4.69, 9.17) is 5.11 Å². The van der Waals surface area contributed by atoms with Gasteiger partial charge < -0.3 is 10.4 Å². The molecule has 0 spiro atoms. The number of nitrogens with one attached hydrogen (secondary N) is 1. The molecule has 0 aliphatic rings. The fourth-order valence-electron chi connectivity index (χ4n) is 1.10. The van der Waals surface area contributed by atoms with Gasteiger partial charge >= 0.3 is 0 Å². The highest BCUT2D eigenvalue weighted by Crippen LogP contribution is 1.95. The Kier molecular flexibility index (Phi) is 3.92. The van der Waals surface area contributed by atoms with Crippen LogP contribution in [0.2, 0.25) is 0 Å². The van der Waals surface area contributed by atoms with E-state index in [-0.39, 0.29) is 6.10 Å². The van der Waals surface area contributed by atoms with Crippen LogP contribution in [-0.4, -0.2) is 27.5 Å². The summed E-state index contributed by atoms with van der Waals surface area (Å²) in [5, 5.41) is 16.3. The molecule has 1 aromatic heterocycles. The molecule has 0 saturated heterocycles. The SMILES string of the molecule is C[C@@H](O)CCNCc1ccnn1C. The van der Waals surface area contributed by atoms with Crippen LogP contribution in [0.1, 0.15) is 19.0 Å². The number of aliphatic hydroxyl groups is 1. The van der Waals surface area contributed by atoms with Crippen molar-refractivity contribution in [3.05, 3.63) is 18.0 Å². The average Bonchev–Trinajstić information content (AvgIpc) is 2.45. The molecule has 0 amide bonds. The number of hydrogen-bond acceptors (Lipinski definition) is 3. The van der Waals surface area contributed by atoms with Crippen molar-refractivity contribution < 1.29 is 5.11 Å². The molecule has 2 N–H and O–H groups in total. The monoisotopic (exact) mass is 183 g/mol. The van der Waals surface area contributed by atoms with Crippen molar-refractivity contribution in [3.8, 4) is 0 Å². The van der Waals surface area contributed by atoms with E-state index in [2.05, 4.69) is 10.4 Å². The van der Waals surface area contributed by atoms with Crippen molar-refractivity contribution in [1.29, 1.82) is 0 Å². The molecule has 4 heteroatoms. The minimum absolute atomic E-state index is 0.223. The predicted molar refractivity (Wildman–Crippen MR) is 51.2 cm³/mol. The molecular weight excluding hydrogens is 166 g/mol. The van der Waals surface area contributed by atoms with Crippen LogP contribution in [-0.2, 0) is 13.6 Å². The molecule has 0 aliphatic heterocycles. The summed E-state index contributed by atoms with van der Waals surface area (Å²) in [4.78, 5) is 0. The lowest BCUT2D eigenvalue weighted by Gasteiger charge is -2.06. The topological polar surface area (TPSA) is 50.1 Å². The minimum Gasteiger partial charge on any atom is -0.393 e. The lowest BCUT2D eigenvalue weighted by atomic mass is 10.3. The van der Waals surface area contributed by atoms with E-state index in [9.17, 15) is 0 Å². The summed E-state index contributed by atoms with van der Waals surface area (Å²) in [5.74, 6) is 0. The number of hydrogen-bond donors (Lipinski definition) is 2. The zero-order valence-electron chi connectivity index (χ0n) is 8.20. The molecule has 0 radical (unpaired) electrons. The van der Waals surface area contributed by atoms with E-state index in [1.165, 1.54) is 0 Å². The Morgan fingerprint density at radius 3 is 3.00 bits per heavy atom. The first-order valence-electron chi connectivity index (χ1n) is 4.56. The molecule has 74 valence electrons. The summed E-state index contributed by atoms with van der Waals surface area (Å²) in [5.41, 5.74) is 1.16. The summed E-state index contributed by atoms with van der Waals surface area (Å²) in [6.45, 7) is 3.44. The number of aliphatic hydroxyl groups excluding tert-OH is 1. The lowest BCUT2D eigenvalue weighted by Crippen LogP contribution is -2.20. The Labute approximate surface area is 78.6 Å². The number of rotatable bonds is 5. The molecule has 0 aliphatic carbocycles. The average molecular weight is 183 g/mol. The minimum atomic E-state index is -0.223. The maximum Gasteiger partial charge on any atom is 0.0524 e. The van der Waals surface area contributed by atoms with Crippen LogP contribution >= 0.6 is 0 Å². The molecule has 1 aromatic rings. The van der Waals surface area contributed by atoms with E-state index >= 15 is 0 Å². The van der Waals surface area contributed by atoms with Gasteiger partial charge in [0.15, 0.2) is 0 Å². The van der Waals surface area contributed by atoms with Crippen LogP contribution in [0.25, 0.3) is 0 Å². The quantitative estimate of drug-likeness (QED) is 0.645. The van der Waals surface area contributed by atoms with Gasteiger partial charge in [0, 0.05) is 19.8 Å². The summed E-state index contributed by atoms with van der Waals surface area (Å²) in [7, 11) is 1.92. The first kappa shape index (κ1) is 10.2. The molecule has 0 saturated carbocycles. The van der Waals surface area contributed by atoms with E-state index < -0.39 is 0 Å². The molecular formula is C9H17N3O. The third-order valence-corrected chi connectivity index (χ3v) is 1.97. The third-order valence-electron chi connectivity index (χ3n) is 1.97. The maximum absolute atomic E-state index is 9.01. The van der Waals surface area contributed by atoms with E-state index in [0.29, 0.717) is 0 Å². The molecule has 13 heavy (non-hydrogen) atoms. The first-order valence-corrected chi connectivity index (χ1v) is 4.56. The molecule has 1 rings (SSSR count). The molecule has 1 atom stereocenters. The number of aryl methyl sites for hydroxylation is 1. The summed E-state index contributed by atoms with van der Waals surface area (Å²) >= 11 is 0. The Bertz CT molecular complexity index is 245. The van der Waals surface area contributed by atoms with Gasteiger partial charge in [0.1, 0.15) is 0 Å². The number of nitrogens with zero attached hydrogens (tertiary/aromatic N) is 2. The molecule has 0 fully saturated rings. The molecule has 0 aromatic carbocycles. The van der Waals surface area contributed by atoms with Crippen LogP contribution in [0.4, 0.5) is 0 Å². The van der Waals surface area contributed by atoms with Gasteiger partial charge in [-0.25, -0.2) is 0 Å². The second-order valence-electron chi connectivity index (χ2n) is 3.26. The molecule has 4 nitrogen and oxygen atoms in total. The largest absolute Gasteiger partial charge is 0.393 e. The van der Waals surface area contributed by atoms with Gasteiger partial charge in [0.05, 0.1) is 11.8 Å². The molecule has 1 heterocycles. The zero-order chi connectivity index (χ0) is 9.68. The van der Waals surface area contributed by atoms with Crippen LogP contribution < -0.4 is 5.32 Å². The Hall–Kier alpha value is -0.870. The normalized spacial score (nSPS) is 13.2. The second kappa shape index (κ2) is 4.99. The van der Waals surface area contributed by atoms with E-state index in [1.54, 1.807) is 13.1 Å². The second-order valence-corrected chi connectivity index (χ2v) is 3.26. The zero-order valence-corrected chi connectivity index (χ0v) is 8.20. The number of aromatic nitrogens is 2. The summed E-state index contributed by atoms with van der Waals surface area (Å²) in [6, 6.07) is 1.98. The predicted octanol–water partition coefficient (Wildman–Crippen LogP) is 0.281. The van der Waals surface area contributed by atoms with Crippen molar-refractivity contribution in [3.63, 3.8) is 0 Å². The van der Waals surface area contributed by atoms with Gasteiger partial charge in [-0.15, -0.1) is 0 Å². The van der Waals surface area contributed by atoms with E-state index in [1.807, 2.05) is 17.8 Å². The molecule has 0 bridgehead atoms. The Morgan fingerprint density at radius 2 is 2.46 bits per heavy atom. The highest BCUT2D eigenvalue weighted by molar-refractivity contribution is 4.98. The first-order chi connectivity index (χ1) is 6.20. The van der Waals surface area contributed by atoms with Crippen molar-refractivity contribution in [2.24, 2.45) is 7.05 Å². The smallest absolute Gasteiger partial charge is 0.0524 e. The fourth-order valence-corrected chi connectivity index (χ4v) is 1.10. The fraction of sp³-hybridized carbons (Fsp3) is 0.667. The van der Waals surface area contributed by atoms with Crippen LogP contribution in [0.15, 0.2) is 12.3 Å². The van der Waals surface area contributed by atoms with Crippen LogP contribution in [0.5, 0.6) is 0 Å². The Balaban J connectivity index is 2.17. The lowest BCUT2D eigenvalue weighted by molar-refractivity contribution is 0.183. The van der Waals surface area contributed by atoms with Crippen LogP contribution in [0, 0.1) is 0 Å². The van der Waals surface area contributed by atoms with Gasteiger partial charge in [0.2, 0.25) is 0 Å². The Morgan fingerprint density at radius 1 is 1.69 bits per heavy atom. The van der Waals surface area contributed by atoms with Gasteiger partial charge in [-0.1, -0.05) is 0 Å². The van der Waals surface area contributed by atoms with Crippen molar-refractivity contribution in [1.82, 2.24) is 15.1 Å². The summed E-state index contributed by atoms with van der Waals surface area (Å²) < 4.78 is 1.84. The highest BCUT2D eigenvalue weighted by Gasteiger charge is 1.98. The third kappa shape index (κ3) is 3.57. The van der Waals surface area contributed by atoms with Gasteiger partial charge in [0.25, 0.3) is 0 Å². The van der Waals surface area contributed by atoms with Crippen molar-refractivity contribution in [2.45, 2.75) is 26.0 Å². The van der Waals surface area contributed by atoms with E-state index in [0.717, 1.165) is 25.2 Å². The summed E-state index contributed by atoms with van der Waals surface area (Å²) in [6.07, 6.45) is 2.35. The highest BCUT2D eigenvalue weighted by atomic mass is 16.3. The van der Waals surface area contributed by atoms with Crippen molar-refractivity contribution >= 4 is 0 Å². The van der Waals surface area contributed by atoms with Crippen LogP contribution in [0.3, 0.4) is 0 Å².